The number of nitrogens with zero attached hydrogens (tertiary/aromatic N) is 1. The molecule has 108 valence electrons. The van der Waals surface area contributed by atoms with Crippen LogP contribution in [0, 0.1) is 5.92 Å². The molecule has 0 aliphatic carbocycles. The highest BCUT2D eigenvalue weighted by atomic mass is 16.5. The highest BCUT2D eigenvalue weighted by Gasteiger charge is 2.36. The molecule has 0 aromatic heterocycles. The number of esters is 1. The van der Waals surface area contributed by atoms with Crippen molar-refractivity contribution in [1.29, 1.82) is 0 Å². The van der Waals surface area contributed by atoms with Crippen LogP contribution in [0.1, 0.15) is 39.0 Å². The number of piperidine rings is 2. The van der Waals surface area contributed by atoms with Gasteiger partial charge in [0.05, 0.1) is 12.5 Å². The van der Waals surface area contributed by atoms with Gasteiger partial charge in [0.15, 0.2) is 0 Å². The molecule has 0 aromatic rings. The lowest BCUT2D eigenvalue weighted by Gasteiger charge is -2.37. The molecular formula is C14H24N2O3. The minimum Gasteiger partial charge on any atom is -0.464 e. The van der Waals surface area contributed by atoms with E-state index in [1.165, 1.54) is 0 Å². The molecule has 0 radical (unpaired) electrons. The molecule has 1 N–H and O–H groups in total. The van der Waals surface area contributed by atoms with Crippen molar-refractivity contribution in [3.63, 3.8) is 0 Å². The SMILES string of the molecule is CCOC(=O)C1CCCCN1C(=O)[C@H]1CCCNC1. The Morgan fingerprint density at radius 3 is 2.79 bits per heavy atom. The van der Waals surface area contributed by atoms with Gasteiger partial charge in [0.1, 0.15) is 6.04 Å². The minimum atomic E-state index is -0.358. The molecule has 19 heavy (non-hydrogen) atoms. The van der Waals surface area contributed by atoms with Crippen LogP contribution in [0.5, 0.6) is 0 Å². The van der Waals surface area contributed by atoms with Gasteiger partial charge in [-0.3, -0.25) is 4.79 Å². The fraction of sp³-hybridized carbons (Fsp3) is 0.857. The third kappa shape index (κ3) is 3.47. The highest BCUT2D eigenvalue weighted by molar-refractivity contribution is 5.86. The zero-order valence-corrected chi connectivity index (χ0v) is 11.7. The number of carbonyl (C=O) groups is 2. The van der Waals surface area contributed by atoms with Gasteiger partial charge in [0.25, 0.3) is 0 Å². The van der Waals surface area contributed by atoms with Crippen molar-refractivity contribution in [2.45, 2.75) is 45.1 Å². The topological polar surface area (TPSA) is 58.6 Å². The smallest absolute Gasteiger partial charge is 0.328 e. The van der Waals surface area contributed by atoms with Gasteiger partial charge in [0, 0.05) is 13.1 Å². The summed E-state index contributed by atoms with van der Waals surface area (Å²) in [5, 5.41) is 3.26. The molecule has 5 heteroatoms. The van der Waals surface area contributed by atoms with Gasteiger partial charge in [0.2, 0.25) is 5.91 Å². The molecule has 0 aromatic carbocycles. The van der Waals surface area contributed by atoms with Crippen molar-refractivity contribution in [3.8, 4) is 0 Å². The maximum absolute atomic E-state index is 12.6. The molecule has 1 amide bonds. The van der Waals surface area contributed by atoms with E-state index in [0.717, 1.165) is 45.2 Å². The van der Waals surface area contributed by atoms with E-state index in [1.54, 1.807) is 11.8 Å². The van der Waals surface area contributed by atoms with Crippen molar-refractivity contribution >= 4 is 11.9 Å². The van der Waals surface area contributed by atoms with Crippen LogP contribution in [-0.2, 0) is 14.3 Å². The molecule has 0 saturated carbocycles. The molecule has 2 fully saturated rings. The largest absolute Gasteiger partial charge is 0.464 e. The van der Waals surface area contributed by atoms with E-state index in [0.29, 0.717) is 13.2 Å². The molecule has 2 aliphatic rings. The summed E-state index contributed by atoms with van der Waals surface area (Å²) in [6, 6.07) is -0.358. The van der Waals surface area contributed by atoms with Crippen LogP contribution < -0.4 is 5.32 Å². The Balaban J connectivity index is 2.01. The Labute approximate surface area is 114 Å². The van der Waals surface area contributed by atoms with Crippen LogP contribution in [0.15, 0.2) is 0 Å². The van der Waals surface area contributed by atoms with Crippen molar-refractivity contribution in [3.05, 3.63) is 0 Å². The minimum absolute atomic E-state index is 0.0313. The monoisotopic (exact) mass is 268 g/mol. The first-order valence-electron chi connectivity index (χ1n) is 7.42. The van der Waals surface area contributed by atoms with Crippen LogP contribution in [0.25, 0.3) is 0 Å². The zero-order valence-electron chi connectivity index (χ0n) is 11.7. The van der Waals surface area contributed by atoms with Crippen LogP contribution in [0.3, 0.4) is 0 Å². The summed E-state index contributed by atoms with van der Waals surface area (Å²) in [6.45, 7) is 4.61. The summed E-state index contributed by atoms with van der Waals surface area (Å²) in [4.78, 5) is 26.3. The quantitative estimate of drug-likeness (QED) is 0.774. The van der Waals surface area contributed by atoms with Crippen LogP contribution in [0.4, 0.5) is 0 Å². The number of amides is 1. The lowest BCUT2D eigenvalue weighted by Crippen LogP contribution is -2.52. The standard InChI is InChI=1S/C14H24N2O3/c1-2-19-14(18)12-7-3-4-9-16(12)13(17)11-6-5-8-15-10-11/h11-12,15H,2-10H2,1H3/t11-,12?/m0/s1. The maximum atomic E-state index is 12.6. The first kappa shape index (κ1) is 14.3. The number of ether oxygens (including phenoxy) is 1. The first-order valence-corrected chi connectivity index (χ1v) is 7.42. The molecular weight excluding hydrogens is 244 g/mol. The zero-order chi connectivity index (χ0) is 13.7. The van der Waals surface area contributed by atoms with Gasteiger partial charge in [-0.2, -0.15) is 0 Å². The molecule has 2 rings (SSSR count). The molecule has 1 unspecified atom stereocenters. The summed E-state index contributed by atoms with van der Waals surface area (Å²) < 4.78 is 5.10. The normalized spacial score (nSPS) is 27.9. The average molecular weight is 268 g/mol. The second-order valence-corrected chi connectivity index (χ2v) is 5.34. The first-order chi connectivity index (χ1) is 9.24. The predicted octanol–water partition coefficient (Wildman–Crippen LogP) is 0.930. The molecule has 2 heterocycles. The van der Waals surface area contributed by atoms with E-state index in [2.05, 4.69) is 5.32 Å². The van der Waals surface area contributed by atoms with E-state index in [4.69, 9.17) is 4.74 Å². The second-order valence-electron chi connectivity index (χ2n) is 5.34. The van der Waals surface area contributed by atoms with E-state index in [-0.39, 0.29) is 23.8 Å². The number of hydrogen-bond donors (Lipinski definition) is 1. The summed E-state index contributed by atoms with van der Waals surface area (Å²) in [5.41, 5.74) is 0. The van der Waals surface area contributed by atoms with Gasteiger partial charge >= 0.3 is 5.97 Å². The Bertz CT molecular complexity index is 327. The lowest BCUT2D eigenvalue weighted by molar-refractivity contribution is -0.158. The van der Waals surface area contributed by atoms with Crippen LogP contribution >= 0.6 is 0 Å². The van der Waals surface area contributed by atoms with Gasteiger partial charge in [-0.05, 0) is 45.6 Å². The molecule has 2 saturated heterocycles. The van der Waals surface area contributed by atoms with Gasteiger partial charge in [-0.1, -0.05) is 0 Å². The molecule has 2 atom stereocenters. The Hall–Kier alpha value is -1.10. The van der Waals surface area contributed by atoms with Crippen LogP contribution in [0.2, 0.25) is 0 Å². The Morgan fingerprint density at radius 1 is 1.26 bits per heavy atom. The van der Waals surface area contributed by atoms with Crippen molar-refractivity contribution < 1.29 is 14.3 Å². The fourth-order valence-electron chi connectivity index (χ4n) is 2.98. The van der Waals surface area contributed by atoms with E-state index >= 15 is 0 Å². The molecule has 0 bridgehead atoms. The van der Waals surface area contributed by atoms with Gasteiger partial charge < -0.3 is 15.0 Å². The Kier molecular flexibility index (Phi) is 5.19. The number of hydrogen-bond acceptors (Lipinski definition) is 4. The number of rotatable bonds is 3. The second kappa shape index (κ2) is 6.89. The van der Waals surface area contributed by atoms with E-state index < -0.39 is 0 Å². The van der Waals surface area contributed by atoms with Gasteiger partial charge in [-0.25, -0.2) is 4.79 Å². The third-order valence-corrected chi connectivity index (χ3v) is 3.99. The van der Waals surface area contributed by atoms with E-state index in [1.807, 2.05) is 0 Å². The maximum Gasteiger partial charge on any atom is 0.328 e. The summed E-state index contributed by atoms with van der Waals surface area (Å²) in [6.07, 6.45) is 4.69. The highest BCUT2D eigenvalue weighted by Crippen LogP contribution is 2.23. The summed E-state index contributed by atoms with van der Waals surface area (Å²) >= 11 is 0. The van der Waals surface area contributed by atoms with Crippen molar-refractivity contribution in [1.82, 2.24) is 10.2 Å². The number of likely N-dealkylation sites (tertiary alicyclic amines) is 1. The number of carbonyl (C=O) groups excluding carboxylic acids is 2. The fourth-order valence-corrected chi connectivity index (χ4v) is 2.98. The van der Waals surface area contributed by atoms with Gasteiger partial charge in [-0.15, -0.1) is 0 Å². The van der Waals surface area contributed by atoms with Crippen molar-refractivity contribution in [2.75, 3.05) is 26.2 Å². The van der Waals surface area contributed by atoms with Crippen molar-refractivity contribution in [2.24, 2.45) is 5.92 Å². The predicted molar refractivity (Wildman–Crippen MR) is 71.6 cm³/mol. The Morgan fingerprint density at radius 2 is 2.11 bits per heavy atom. The average Bonchev–Trinajstić information content (AvgIpc) is 2.47. The van der Waals surface area contributed by atoms with Crippen LogP contribution in [-0.4, -0.2) is 49.1 Å². The lowest BCUT2D eigenvalue weighted by atomic mass is 9.94. The van der Waals surface area contributed by atoms with E-state index in [9.17, 15) is 9.59 Å². The summed E-state index contributed by atoms with van der Waals surface area (Å²) in [7, 11) is 0. The molecule has 2 aliphatic heterocycles. The molecule has 0 spiro atoms. The third-order valence-electron chi connectivity index (χ3n) is 3.99. The summed E-state index contributed by atoms with van der Waals surface area (Å²) in [5.74, 6) is -0.0759. The molecule has 5 nitrogen and oxygen atoms in total. The number of nitrogens with one attached hydrogen (secondary N) is 1.